The number of hydrogen-bond donors (Lipinski definition) is 0. The molecule has 115 valence electrons. The average molecular weight is 396 g/mol. The van der Waals surface area contributed by atoms with Crippen LogP contribution in [0.5, 0.6) is 0 Å². The van der Waals surface area contributed by atoms with Gasteiger partial charge in [-0.25, -0.2) is 0 Å². The number of hydrogen-bond acceptors (Lipinski definition) is 0. The van der Waals surface area contributed by atoms with E-state index < -0.39 is 0 Å². The predicted molar refractivity (Wildman–Crippen MR) is 78.1 cm³/mol. The van der Waals surface area contributed by atoms with E-state index in [-0.39, 0.29) is 67.3 Å². The second kappa shape index (κ2) is 7.89. The molecule has 20 heavy (non-hydrogen) atoms. The molecule has 1 radical (unpaired) electrons. The third-order valence-electron chi connectivity index (χ3n) is 3.32. The van der Waals surface area contributed by atoms with Gasteiger partial charge in [-0.3, -0.25) is 0 Å². The van der Waals surface area contributed by atoms with Gasteiger partial charge in [0, 0.05) is 0 Å². The molecule has 0 nitrogen and oxygen atoms in total. The standard InChI is InChI=1S/C17H29.2ClH.Zr/c1-15(2,3)12-10-11-13(16(4,5)6)14(12)17(7,8)9;;;/h10-11H,1-9H3;2*1H;/q-1;;;+3/p-2. The summed E-state index contributed by atoms with van der Waals surface area (Å²) < 4.78 is 0. The Kier molecular flexibility index (Phi) is 10.2. The predicted octanol–water partition coefficient (Wildman–Crippen LogP) is -0.696. The van der Waals surface area contributed by atoms with Gasteiger partial charge in [0.15, 0.2) is 0 Å². The van der Waals surface area contributed by atoms with Gasteiger partial charge in [-0.15, -0.1) is 0 Å². The third kappa shape index (κ3) is 5.90. The first-order valence-corrected chi connectivity index (χ1v) is 6.66. The quantitative estimate of drug-likeness (QED) is 0.510. The van der Waals surface area contributed by atoms with E-state index in [0.29, 0.717) is 0 Å². The van der Waals surface area contributed by atoms with Crippen LogP contribution in [-0.4, -0.2) is 0 Å². The molecule has 0 amide bonds. The van der Waals surface area contributed by atoms with Crippen LogP contribution in [-0.2, 0) is 42.4 Å². The van der Waals surface area contributed by atoms with Gasteiger partial charge in [0.1, 0.15) is 0 Å². The first-order chi connectivity index (χ1) is 7.35. The zero-order valence-electron chi connectivity index (χ0n) is 14.4. The molecule has 0 N–H and O–H groups in total. The molecule has 0 spiro atoms. The van der Waals surface area contributed by atoms with E-state index in [1.165, 1.54) is 11.1 Å². The fourth-order valence-corrected chi connectivity index (χ4v) is 2.54. The summed E-state index contributed by atoms with van der Waals surface area (Å²) in [6.45, 7) is 20.8. The van der Waals surface area contributed by atoms with Crippen molar-refractivity contribution in [3.63, 3.8) is 0 Å². The molecular formula is C17H29Cl2Zr. The molecule has 0 aliphatic rings. The zero-order valence-corrected chi connectivity index (χ0v) is 18.4. The third-order valence-corrected chi connectivity index (χ3v) is 3.32. The first kappa shape index (κ1) is 25.7. The minimum absolute atomic E-state index is 0. The molecule has 3 heteroatoms. The fraction of sp³-hybridized carbons (Fsp3) is 0.706. The maximum atomic E-state index is 2.33. The van der Waals surface area contributed by atoms with Crippen molar-refractivity contribution in [2.75, 3.05) is 0 Å². The van der Waals surface area contributed by atoms with E-state index in [1.807, 2.05) is 0 Å². The maximum absolute atomic E-state index is 2.33. The van der Waals surface area contributed by atoms with Crippen molar-refractivity contribution in [1.29, 1.82) is 0 Å². The van der Waals surface area contributed by atoms with Gasteiger partial charge < -0.3 is 24.8 Å². The molecule has 0 unspecified atom stereocenters. The SMILES string of the molecule is CC(C)(C)c1c[cH-]c(C(C)(C)C)c1C(C)(C)C.[Cl-].[Cl-].[Zr+3]. The summed E-state index contributed by atoms with van der Waals surface area (Å²) in [7, 11) is 0. The summed E-state index contributed by atoms with van der Waals surface area (Å²) in [5.41, 5.74) is 5.25. The second-order valence-corrected chi connectivity index (χ2v) is 8.29. The average Bonchev–Trinajstić information content (AvgIpc) is 2.42. The normalized spacial score (nSPS) is 12.1. The molecular weight excluding hydrogens is 366 g/mol. The first-order valence-electron chi connectivity index (χ1n) is 6.66. The van der Waals surface area contributed by atoms with Gasteiger partial charge in [0.05, 0.1) is 0 Å². The van der Waals surface area contributed by atoms with Gasteiger partial charge >= 0.3 is 26.2 Å². The van der Waals surface area contributed by atoms with Crippen molar-refractivity contribution in [3.8, 4) is 0 Å². The molecule has 1 rings (SSSR count). The Labute approximate surface area is 157 Å². The molecule has 1 aromatic rings. The van der Waals surface area contributed by atoms with Gasteiger partial charge in [-0.1, -0.05) is 73.1 Å². The Morgan fingerprint density at radius 1 is 0.700 bits per heavy atom. The van der Waals surface area contributed by atoms with E-state index in [4.69, 9.17) is 0 Å². The topological polar surface area (TPSA) is 0 Å². The summed E-state index contributed by atoms with van der Waals surface area (Å²) >= 11 is 0. The van der Waals surface area contributed by atoms with Gasteiger partial charge in [0.25, 0.3) is 0 Å². The van der Waals surface area contributed by atoms with Crippen LogP contribution in [0.4, 0.5) is 0 Å². The minimum atomic E-state index is 0. The second-order valence-electron chi connectivity index (χ2n) is 8.29. The summed E-state index contributed by atoms with van der Waals surface area (Å²) in [4.78, 5) is 0. The number of halogens is 2. The molecule has 0 saturated carbocycles. The molecule has 0 heterocycles. The number of rotatable bonds is 0. The molecule has 0 aromatic heterocycles. The van der Waals surface area contributed by atoms with Crippen LogP contribution >= 0.6 is 0 Å². The van der Waals surface area contributed by atoms with Crippen molar-refractivity contribution < 1.29 is 51.0 Å². The Hall–Kier alpha value is 0.813. The molecule has 1 aromatic carbocycles. The van der Waals surface area contributed by atoms with Crippen LogP contribution in [0.25, 0.3) is 0 Å². The summed E-state index contributed by atoms with van der Waals surface area (Å²) in [5.74, 6) is 0. The van der Waals surface area contributed by atoms with Crippen molar-refractivity contribution >= 4 is 0 Å². The van der Waals surface area contributed by atoms with Crippen molar-refractivity contribution in [3.05, 3.63) is 28.8 Å². The zero-order chi connectivity index (χ0) is 13.6. The monoisotopic (exact) mass is 393 g/mol. The van der Waals surface area contributed by atoms with Crippen molar-refractivity contribution in [1.82, 2.24) is 0 Å². The summed E-state index contributed by atoms with van der Waals surface area (Å²) in [6.07, 6.45) is 0. The van der Waals surface area contributed by atoms with E-state index in [2.05, 4.69) is 74.4 Å². The summed E-state index contributed by atoms with van der Waals surface area (Å²) in [5, 5.41) is 0. The van der Waals surface area contributed by atoms with E-state index in [0.717, 1.165) is 0 Å². The van der Waals surface area contributed by atoms with Gasteiger partial charge in [0.2, 0.25) is 0 Å². The Bertz CT molecular complexity index is 367. The van der Waals surface area contributed by atoms with Crippen LogP contribution < -0.4 is 24.8 Å². The molecule has 0 aliphatic heterocycles. The van der Waals surface area contributed by atoms with Crippen LogP contribution in [0.1, 0.15) is 79.0 Å². The van der Waals surface area contributed by atoms with E-state index in [1.54, 1.807) is 5.56 Å². The van der Waals surface area contributed by atoms with Crippen molar-refractivity contribution in [2.45, 2.75) is 78.6 Å². The molecule has 0 saturated heterocycles. The Morgan fingerprint density at radius 3 is 1.35 bits per heavy atom. The maximum Gasteiger partial charge on any atom is 3.00 e. The summed E-state index contributed by atoms with van der Waals surface area (Å²) in [6, 6.07) is 4.67. The Morgan fingerprint density at radius 2 is 1.10 bits per heavy atom. The Balaban J connectivity index is -0.000000963. The van der Waals surface area contributed by atoms with Crippen molar-refractivity contribution in [2.24, 2.45) is 0 Å². The van der Waals surface area contributed by atoms with Crippen LogP contribution in [0.3, 0.4) is 0 Å². The van der Waals surface area contributed by atoms with E-state index in [9.17, 15) is 0 Å². The fourth-order valence-electron chi connectivity index (χ4n) is 2.54. The molecule has 0 atom stereocenters. The van der Waals surface area contributed by atoms with Gasteiger partial charge in [-0.05, 0) is 5.41 Å². The van der Waals surface area contributed by atoms with Crippen LogP contribution in [0.2, 0.25) is 0 Å². The van der Waals surface area contributed by atoms with E-state index >= 15 is 0 Å². The van der Waals surface area contributed by atoms with Crippen LogP contribution in [0.15, 0.2) is 12.1 Å². The van der Waals surface area contributed by atoms with Gasteiger partial charge in [-0.2, -0.15) is 28.8 Å². The smallest absolute Gasteiger partial charge is 1.00 e. The minimum Gasteiger partial charge on any atom is -1.00 e. The molecule has 0 bridgehead atoms. The molecule has 0 aliphatic carbocycles. The largest absolute Gasteiger partial charge is 3.00 e. The van der Waals surface area contributed by atoms with Crippen LogP contribution in [0, 0.1) is 0 Å². The molecule has 0 fully saturated rings.